The third-order valence-corrected chi connectivity index (χ3v) is 4.08. The molecular weight excluding hydrogens is 236 g/mol. The minimum atomic E-state index is 0.659. The molecule has 5 heteroatoms. The van der Waals surface area contributed by atoms with Crippen molar-refractivity contribution < 1.29 is 0 Å². The maximum absolute atomic E-state index is 6.26. The van der Waals surface area contributed by atoms with Crippen LogP contribution in [0.2, 0.25) is 5.15 Å². The van der Waals surface area contributed by atoms with E-state index in [-0.39, 0.29) is 0 Å². The molecule has 1 N–H and O–H groups in total. The van der Waals surface area contributed by atoms with E-state index in [0.717, 1.165) is 36.0 Å². The minimum Gasteiger partial charge on any atom is -0.317 e. The van der Waals surface area contributed by atoms with Gasteiger partial charge in [0.1, 0.15) is 5.15 Å². The number of piperidine rings is 1. The molecule has 1 saturated heterocycles. The van der Waals surface area contributed by atoms with Gasteiger partial charge in [0, 0.05) is 25.2 Å². The predicted molar refractivity (Wildman–Crippen MR) is 70.3 cm³/mol. The van der Waals surface area contributed by atoms with Gasteiger partial charge in [-0.2, -0.15) is 5.10 Å². The fourth-order valence-electron chi connectivity index (χ4n) is 2.48. The summed E-state index contributed by atoms with van der Waals surface area (Å²) in [4.78, 5) is 2.40. The fraction of sp³-hybridized carbons (Fsp3) is 0.750. The van der Waals surface area contributed by atoms with Gasteiger partial charge in [-0.15, -0.1) is 0 Å². The highest BCUT2D eigenvalue weighted by molar-refractivity contribution is 6.30. The largest absolute Gasteiger partial charge is 0.317 e. The Morgan fingerprint density at radius 1 is 1.47 bits per heavy atom. The third-order valence-electron chi connectivity index (χ3n) is 3.61. The standard InChI is InChI=1S/C12H21ClN4/c1-9-11(12(13)17(3)15-9)8-16(2)10-4-6-14-7-5-10/h10,14H,4-8H2,1-3H3. The van der Waals surface area contributed by atoms with E-state index in [4.69, 9.17) is 11.6 Å². The average Bonchev–Trinajstić information content (AvgIpc) is 2.57. The molecule has 0 radical (unpaired) electrons. The van der Waals surface area contributed by atoms with Crippen molar-refractivity contribution in [3.05, 3.63) is 16.4 Å². The molecule has 17 heavy (non-hydrogen) atoms. The summed E-state index contributed by atoms with van der Waals surface area (Å²) in [5.74, 6) is 0. The number of hydrogen-bond donors (Lipinski definition) is 1. The van der Waals surface area contributed by atoms with Gasteiger partial charge in [0.15, 0.2) is 0 Å². The molecule has 1 aromatic rings. The van der Waals surface area contributed by atoms with Crippen molar-refractivity contribution in [2.75, 3.05) is 20.1 Å². The van der Waals surface area contributed by atoms with E-state index in [1.54, 1.807) is 4.68 Å². The monoisotopic (exact) mass is 256 g/mol. The molecule has 1 aliphatic heterocycles. The van der Waals surface area contributed by atoms with Gasteiger partial charge in [-0.1, -0.05) is 11.6 Å². The van der Waals surface area contributed by atoms with Crippen LogP contribution in [0, 0.1) is 6.92 Å². The van der Waals surface area contributed by atoms with Crippen LogP contribution in [0.15, 0.2) is 0 Å². The van der Waals surface area contributed by atoms with Crippen LogP contribution >= 0.6 is 11.6 Å². The van der Waals surface area contributed by atoms with E-state index in [1.165, 1.54) is 12.8 Å². The van der Waals surface area contributed by atoms with Crippen molar-refractivity contribution in [2.45, 2.75) is 32.4 Å². The van der Waals surface area contributed by atoms with E-state index in [1.807, 2.05) is 14.0 Å². The number of aryl methyl sites for hydroxylation is 2. The van der Waals surface area contributed by atoms with E-state index in [0.29, 0.717) is 6.04 Å². The number of aromatic nitrogens is 2. The van der Waals surface area contributed by atoms with Crippen molar-refractivity contribution in [3.63, 3.8) is 0 Å². The highest BCUT2D eigenvalue weighted by Crippen LogP contribution is 2.22. The highest BCUT2D eigenvalue weighted by Gasteiger charge is 2.20. The molecule has 0 spiro atoms. The summed E-state index contributed by atoms with van der Waals surface area (Å²) in [6, 6.07) is 0.659. The van der Waals surface area contributed by atoms with Crippen LogP contribution in [-0.4, -0.2) is 40.9 Å². The van der Waals surface area contributed by atoms with E-state index in [9.17, 15) is 0 Å². The normalized spacial score (nSPS) is 17.9. The van der Waals surface area contributed by atoms with Gasteiger partial charge in [-0.05, 0) is 39.9 Å². The Bertz CT molecular complexity index is 382. The maximum atomic E-state index is 6.26. The fourth-order valence-corrected chi connectivity index (χ4v) is 2.71. The number of halogens is 1. The SMILES string of the molecule is Cc1nn(C)c(Cl)c1CN(C)C1CCNCC1. The van der Waals surface area contributed by atoms with Crippen molar-refractivity contribution >= 4 is 11.6 Å². The van der Waals surface area contributed by atoms with E-state index in [2.05, 4.69) is 22.4 Å². The number of rotatable bonds is 3. The smallest absolute Gasteiger partial charge is 0.131 e. The first kappa shape index (κ1) is 12.9. The molecule has 0 saturated carbocycles. The van der Waals surface area contributed by atoms with Crippen LogP contribution in [0.3, 0.4) is 0 Å². The Morgan fingerprint density at radius 3 is 2.65 bits per heavy atom. The topological polar surface area (TPSA) is 33.1 Å². The van der Waals surface area contributed by atoms with Crippen molar-refractivity contribution in [1.82, 2.24) is 20.0 Å². The molecule has 0 aliphatic carbocycles. The van der Waals surface area contributed by atoms with Gasteiger partial charge in [0.05, 0.1) is 5.69 Å². The van der Waals surface area contributed by atoms with Crippen LogP contribution in [0.5, 0.6) is 0 Å². The average molecular weight is 257 g/mol. The first-order valence-corrected chi connectivity index (χ1v) is 6.56. The zero-order valence-corrected chi connectivity index (χ0v) is 11.6. The summed E-state index contributed by atoms with van der Waals surface area (Å²) in [5, 5.41) is 8.51. The summed E-state index contributed by atoms with van der Waals surface area (Å²) in [7, 11) is 4.07. The van der Waals surface area contributed by atoms with E-state index < -0.39 is 0 Å². The van der Waals surface area contributed by atoms with Crippen LogP contribution < -0.4 is 5.32 Å². The molecular formula is C12H21ClN4. The second-order valence-corrected chi connectivity index (χ2v) is 5.23. The Morgan fingerprint density at radius 2 is 2.12 bits per heavy atom. The predicted octanol–water partition coefficient (Wildman–Crippen LogP) is 1.57. The van der Waals surface area contributed by atoms with Crippen LogP contribution in [0.25, 0.3) is 0 Å². The van der Waals surface area contributed by atoms with Crippen LogP contribution in [-0.2, 0) is 13.6 Å². The van der Waals surface area contributed by atoms with Crippen molar-refractivity contribution in [1.29, 1.82) is 0 Å². The molecule has 1 fully saturated rings. The van der Waals surface area contributed by atoms with E-state index >= 15 is 0 Å². The Hall–Kier alpha value is -0.580. The Labute approximate surface area is 108 Å². The molecule has 0 aromatic carbocycles. The van der Waals surface area contributed by atoms with Crippen molar-refractivity contribution in [2.24, 2.45) is 7.05 Å². The summed E-state index contributed by atoms with van der Waals surface area (Å²) in [6.07, 6.45) is 2.43. The molecule has 0 amide bonds. The molecule has 0 atom stereocenters. The quantitative estimate of drug-likeness (QED) is 0.891. The lowest BCUT2D eigenvalue weighted by molar-refractivity contribution is 0.191. The lowest BCUT2D eigenvalue weighted by atomic mass is 10.0. The number of nitrogens with one attached hydrogen (secondary N) is 1. The first-order chi connectivity index (χ1) is 8.09. The zero-order valence-electron chi connectivity index (χ0n) is 10.8. The van der Waals surface area contributed by atoms with Crippen molar-refractivity contribution in [3.8, 4) is 0 Å². The lowest BCUT2D eigenvalue weighted by Gasteiger charge is -2.31. The molecule has 0 unspecified atom stereocenters. The molecule has 96 valence electrons. The summed E-state index contributed by atoms with van der Waals surface area (Å²) < 4.78 is 1.75. The van der Waals surface area contributed by atoms with Gasteiger partial charge in [0.2, 0.25) is 0 Å². The molecule has 2 rings (SSSR count). The minimum absolute atomic E-state index is 0.659. The Balaban J connectivity index is 2.04. The summed E-state index contributed by atoms with van der Waals surface area (Å²) in [6.45, 7) is 5.16. The molecule has 0 bridgehead atoms. The number of hydrogen-bond acceptors (Lipinski definition) is 3. The third kappa shape index (κ3) is 2.81. The lowest BCUT2D eigenvalue weighted by Crippen LogP contribution is -2.40. The molecule has 1 aromatic heterocycles. The molecule has 2 heterocycles. The van der Waals surface area contributed by atoms with Gasteiger partial charge in [-0.25, -0.2) is 0 Å². The maximum Gasteiger partial charge on any atom is 0.131 e. The van der Waals surface area contributed by atoms with Gasteiger partial charge in [0.25, 0.3) is 0 Å². The molecule has 1 aliphatic rings. The van der Waals surface area contributed by atoms with Gasteiger partial charge < -0.3 is 5.32 Å². The van der Waals surface area contributed by atoms with Gasteiger partial charge in [-0.3, -0.25) is 9.58 Å². The second-order valence-electron chi connectivity index (χ2n) is 4.87. The number of nitrogens with zero attached hydrogens (tertiary/aromatic N) is 3. The summed E-state index contributed by atoms with van der Waals surface area (Å²) in [5.41, 5.74) is 2.20. The van der Waals surface area contributed by atoms with Gasteiger partial charge >= 0.3 is 0 Å². The highest BCUT2D eigenvalue weighted by atomic mass is 35.5. The summed E-state index contributed by atoms with van der Waals surface area (Å²) >= 11 is 6.26. The van der Waals surface area contributed by atoms with Crippen LogP contribution in [0.4, 0.5) is 0 Å². The first-order valence-electron chi connectivity index (χ1n) is 6.18. The Kier molecular flexibility index (Phi) is 4.07. The van der Waals surface area contributed by atoms with Crippen LogP contribution in [0.1, 0.15) is 24.1 Å². The zero-order chi connectivity index (χ0) is 12.4. The second kappa shape index (κ2) is 5.38. The molecule has 4 nitrogen and oxygen atoms in total.